The van der Waals surface area contributed by atoms with Crippen LogP contribution in [0, 0.1) is 6.92 Å². The topological polar surface area (TPSA) is 36.4 Å². The van der Waals surface area contributed by atoms with E-state index in [1.54, 1.807) is 6.92 Å². The van der Waals surface area contributed by atoms with Crippen molar-refractivity contribution in [2.75, 3.05) is 24.5 Å². The predicted molar refractivity (Wildman–Crippen MR) is 84.4 cm³/mol. The predicted octanol–water partition coefficient (Wildman–Crippen LogP) is 3.06. The van der Waals surface area contributed by atoms with Crippen LogP contribution in [0.2, 0.25) is 0 Å². The molecule has 0 spiro atoms. The van der Waals surface area contributed by atoms with E-state index in [0.717, 1.165) is 38.3 Å². The van der Waals surface area contributed by atoms with Gasteiger partial charge in [-0.1, -0.05) is 0 Å². The molecule has 0 N–H and O–H groups in total. The van der Waals surface area contributed by atoms with E-state index in [-0.39, 0.29) is 11.9 Å². The van der Waals surface area contributed by atoms with Gasteiger partial charge in [-0.2, -0.15) is 0 Å². The van der Waals surface area contributed by atoms with Crippen molar-refractivity contribution in [1.29, 1.82) is 0 Å². The molecule has 3 heterocycles. The van der Waals surface area contributed by atoms with E-state index >= 15 is 0 Å². The lowest BCUT2D eigenvalue weighted by molar-refractivity contribution is -0.132. The third kappa shape index (κ3) is 2.89. The van der Waals surface area contributed by atoms with Crippen molar-refractivity contribution in [3.05, 3.63) is 23.4 Å². The molecule has 2 saturated heterocycles. The Morgan fingerprint density at radius 1 is 1.19 bits per heavy atom. The minimum atomic E-state index is 0.181. The van der Waals surface area contributed by atoms with E-state index in [9.17, 15) is 4.79 Å². The molecule has 1 unspecified atom stereocenters. The number of pyridine rings is 1. The van der Waals surface area contributed by atoms with Gasteiger partial charge in [-0.3, -0.25) is 4.79 Å². The van der Waals surface area contributed by atoms with Gasteiger partial charge in [0.15, 0.2) is 0 Å². The second-order valence-electron chi connectivity index (χ2n) is 6.33. The molecule has 21 heavy (non-hydrogen) atoms. The minimum Gasteiger partial charge on any atom is -0.356 e. The normalized spacial score (nSPS) is 22.7. The van der Waals surface area contributed by atoms with Crippen molar-refractivity contribution >= 4 is 11.7 Å². The highest BCUT2D eigenvalue weighted by Gasteiger charge is 2.27. The zero-order valence-corrected chi connectivity index (χ0v) is 13.1. The standard InChI is InChI=1S/C17H25N3O/c1-13-11-15(12-18-17(13)19-8-5-6-9-19)16-7-3-4-10-20(16)14(2)21/h11-12,16H,3-10H2,1-2H3. The Hall–Kier alpha value is -1.58. The number of likely N-dealkylation sites (tertiary alicyclic amines) is 1. The largest absolute Gasteiger partial charge is 0.356 e. The zero-order chi connectivity index (χ0) is 14.8. The first kappa shape index (κ1) is 14.4. The van der Waals surface area contributed by atoms with E-state index < -0.39 is 0 Å². The van der Waals surface area contributed by atoms with Crippen LogP contribution >= 0.6 is 0 Å². The fraction of sp³-hybridized carbons (Fsp3) is 0.647. The quantitative estimate of drug-likeness (QED) is 0.839. The number of amides is 1. The molecule has 1 aromatic rings. The highest BCUT2D eigenvalue weighted by atomic mass is 16.2. The second-order valence-corrected chi connectivity index (χ2v) is 6.33. The first-order valence-corrected chi connectivity index (χ1v) is 8.15. The number of aromatic nitrogens is 1. The Balaban J connectivity index is 1.84. The molecule has 0 saturated carbocycles. The Morgan fingerprint density at radius 3 is 2.57 bits per heavy atom. The lowest BCUT2D eigenvalue weighted by atomic mass is 9.95. The number of rotatable bonds is 2. The summed E-state index contributed by atoms with van der Waals surface area (Å²) in [4.78, 5) is 20.9. The molecule has 2 fully saturated rings. The van der Waals surface area contributed by atoms with Gasteiger partial charge in [0.1, 0.15) is 5.82 Å². The van der Waals surface area contributed by atoms with Gasteiger partial charge >= 0.3 is 0 Å². The Kier molecular flexibility index (Phi) is 4.13. The number of piperidine rings is 1. The van der Waals surface area contributed by atoms with Gasteiger partial charge in [0.2, 0.25) is 5.91 Å². The van der Waals surface area contributed by atoms with Crippen molar-refractivity contribution in [3.8, 4) is 0 Å². The molecule has 114 valence electrons. The van der Waals surface area contributed by atoms with Crippen molar-refractivity contribution in [2.24, 2.45) is 0 Å². The smallest absolute Gasteiger partial charge is 0.219 e. The molecular formula is C17H25N3O. The summed E-state index contributed by atoms with van der Waals surface area (Å²) >= 11 is 0. The van der Waals surface area contributed by atoms with Crippen LogP contribution in [-0.2, 0) is 4.79 Å². The summed E-state index contributed by atoms with van der Waals surface area (Å²) in [6.07, 6.45) is 7.90. The number of carbonyl (C=O) groups is 1. The third-order valence-corrected chi connectivity index (χ3v) is 4.77. The van der Waals surface area contributed by atoms with Gasteiger partial charge in [-0.15, -0.1) is 0 Å². The molecule has 1 atom stereocenters. The maximum atomic E-state index is 11.8. The average Bonchev–Trinajstić information content (AvgIpc) is 3.01. The second kappa shape index (κ2) is 6.04. The number of anilines is 1. The van der Waals surface area contributed by atoms with Gasteiger partial charge in [-0.05, 0) is 56.2 Å². The minimum absolute atomic E-state index is 0.181. The van der Waals surface area contributed by atoms with Crippen LogP contribution in [0.4, 0.5) is 5.82 Å². The summed E-state index contributed by atoms with van der Waals surface area (Å²) < 4.78 is 0. The summed E-state index contributed by atoms with van der Waals surface area (Å²) in [5, 5.41) is 0. The molecule has 0 aromatic carbocycles. The van der Waals surface area contributed by atoms with Crippen LogP contribution < -0.4 is 4.90 Å². The Morgan fingerprint density at radius 2 is 1.90 bits per heavy atom. The maximum absolute atomic E-state index is 11.8. The molecular weight excluding hydrogens is 262 g/mol. The van der Waals surface area contributed by atoms with Crippen LogP contribution in [0.15, 0.2) is 12.3 Å². The molecule has 1 aromatic heterocycles. The van der Waals surface area contributed by atoms with Gasteiger partial charge < -0.3 is 9.80 Å². The first-order valence-electron chi connectivity index (χ1n) is 8.15. The SMILES string of the molecule is CC(=O)N1CCCCC1c1cnc(N2CCCC2)c(C)c1. The van der Waals surface area contributed by atoms with Crippen molar-refractivity contribution in [2.45, 2.75) is 52.0 Å². The molecule has 2 aliphatic rings. The summed E-state index contributed by atoms with van der Waals surface area (Å²) in [5.41, 5.74) is 2.44. The number of carbonyl (C=O) groups excluding carboxylic acids is 1. The monoisotopic (exact) mass is 287 g/mol. The first-order chi connectivity index (χ1) is 10.2. The van der Waals surface area contributed by atoms with Crippen molar-refractivity contribution in [1.82, 2.24) is 9.88 Å². The lowest BCUT2D eigenvalue weighted by Crippen LogP contribution is -2.37. The number of hydrogen-bond donors (Lipinski definition) is 0. The van der Waals surface area contributed by atoms with E-state index in [2.05, 4.69) is 17.9 Å². The van der Waals surface area contributed by atoms with Crippen LogP contribution in [0.25, 0.3) is 0 Å². The molecule has 4 nitrogen and oxygen atoms in total. The molecule has 0 bridgehead atoms. The number of nitrogens with zero attached hydrogens (tertiary/aromatic N) is 3. The van der Waals surface area contributed by atoms with E-state index in [4.69, 9.17) is 4.98 Å². The van der Waals surface area contributed by atoms with Gasteiger partial charge in [0, 0.05) is 32.8 Å². The molecule has 4 heteroatoms. The molecule has 0 radical (unpaired) electrons. The van der Waals surface area contributed by atoms with Crippen molar-refractivity contribution in [3.63, 3.8) is 0 Å². The Labute approximate surface area is 127 Å². The maximum Gasteiger partial charge on any atom is 0.219 e. The fourth-order valence-electron chi connectivity index (χ4n) is 3.69. The van der Waals surface area contributed by atoms with Crippen molar-refractivity contribution < 1.29 is 4.79 Å². The molecule has 3 rings (SSSR count). The van der Waals surface area contributed by atoms with Gasteiger partial charge in [0.25, 0.3) is 0 Å². The summed E-state index contributed by atoms with van der Waals surface area (Å²) in [5.74, 6) is 1.31. The lowest BCUT2D eigenvalue weighted by Gasteiger charge is -2.35. The number of hydrogen-bond acceptors (Lipinski definition) is 3. The molecule has 1 amide bonds. The van der Waals surface area contributed by atoms with E-state index in [1.165, 1.54) is 30.4 Å². The summed E-state index contributed by atoms with van der Waals surface area (Å²) in [7, 11) is 0. The van der Waals surface area contributed by atoms with E-state index in [1.807, 2.05) is 11.1 Å². The third-order valence-electron chi connectivity index (χ3n) is 4.77. The van der Waals surface area contributed by atoms with Crippen LogP contribution in [0.3, 0.4) is 0 Å². The van der Waals surface area contributed by atoms with Crippen LogP contribution in [-0.4, -0.2) is 35.4 Å². The van der Waals surface area contributed by atoms with Gasteiger partial charge in [0.05, 0.1) is 6.04 Å². The molecule has 2 aliphatic heterocycles. The van der Waals surface area contributed by atoms with Gasteiger partial charge in [-0.25, -0.2) is 4.98 Å². The van der Waals surface area contributed by atoms with E-state index in [0.29, 0.717) is 0 Å². The Bertz CT molecular complexity index is 523. The van der Waals surface area contributed by atoms with Crippen LogP contribution in [0.1, 0.15) is 56.2 Å². The number of aryl methyl sites for hydroxylation is 1. The fourth-order valence-corrected chi connectivity index (χ4v) is 3.69. The highest BCUT2D eigenvalue weighted by Crippen LogP contribution is 2.32. The summed E-state index contributed by atoms with van der Waals surface area (Å²) in [6, 6.07) is 2.46. The summed E-state index contributed by atoms with van der Waals surface area (Å²) in [6.45, 7) is 6.95. The molecule has 0 aliphatic carbocycles. The average molecular weight is 287 g/mol. The van der Waals surface area contributed by atoms with Crippen LogP contribution in [0.5, 0.6) is 0 Å². The highest BCUT2D eigenvalue weighted by molar-refractivity contribution is 5.74. The zero-order valence-electron chi connectivity index (χ0n) is 13.1.